The molecule has 0 radical (unpaired) electrons. The number of nitrogens with one attached hydrogen (secondary N) is 2. The molecule has 22 heavy (non-hydrogen) atoms. The van der Waals surface area contributed by atoms with Gasteiger partial charge >= 0.3 is 0 Å². The molecule has 1 fully saturated rings. The first kappa shape index (κ1) is 21.3. The average Bonchev–Trinajstić information content (AvgIpc) is 2.46. The molecule has 1 heterocycles. The molecule has 1 saturated heterocycles. The monoisotopic (exact) mass is 369 g/mol. The molecule has 0 unspecified atom stereocenters. The Bertz CT molecular complexity index is 469. The molecule has 1 aliphatic heterocycles. The van der Waals surface area contributed by atoms with E-state index in [1.54, 1.807) is 0 Å². The highest BCUT2D eigenvalue weighted by Crippen LogP contribution is 2.34. The molecule has 1 aromatic carbocycles. The fourth-order valence-corrected chi connectivity index (χ4v) is 2.47. The molecular formula is C14H22Cl3N3O2. The van der Waals surface area contributed by atoms with Crippen molar-refractivity contribution < 1.29 is 9.53 Å². The maximum Gasteiger partial charge on any atom is 0.225 e. The number of morpholine rings is 1. The molecule has 1 aliphatic rings. The molecule has 8 heteroatoms. The summed E-state index contributed by atoms with van der Waals surface area (Å²) in [5.74, 6) is -0.0175. The number of anilines is 2. The number of halogens is 3. The summed E-state index contributed by atoms with van der Waals surface area (Å²) < 4.78 is 5.35. The largest absolute Gasteiger partial charge is 0.378 e. The molecule has 0 aliphatic carbocycles. The van der Waals surface area contributed by atoms with Crippen LogP contribution in [0.25, 0.3) is 0 Å². The molecule has 2 N–H and O–H groups in total. The van der Waals surface area contributed by atoms with Crippen LogP contribution in [0.4, 0.5) is 11.4 Å². The summed E-state index contributed by atoms with van der Waals surface area (Å²) in [6.07, 6.45) is 0.436. The van der Waals surface area contributed by atoms with E-state index in [4.69, 9.17) is 16.3 Å². The van der Waals surface area contributed by atoms with Crippen molar-refractivity contribution in [1.29, 1.82) is 0 Å². The molecular weight excluding hydrogens is 349 g/mol. The van der Waals surface area contributed by atoms with Crippen molar-refractivity contribution >= 4 is 53.7 Å². The normalized spacial score (nSPS) is 13.8. The fraction of sp³-hybridized carbons (Fsp3) is 0.500. The molecule has 0 saturated carbocycles. The van der Waals surface area contributed by atoms with Gasteiger partial charge in [0.05, 0.1) is 29.6 Å². The average molecular weight is 371 g/mol. The van der Waals surface area contributed by atoms with Crippen molar-refractivity contribution in [2.45, 2.75) is 6.42 Å². The van der Waals surface area contributed by atoms with Gasteiger partial charge in [0, 0.05) is 26.1 Å². The van der Waals surface area contributed by atoms with Gasteiger partial charge in [0.2, 0.25) is 5.91 Å². The quantitative estimate of drug-likeness (QED) is 0.836. The van der Waals surface area contributed by atoms with Gasteiger partial charge in [-0.25, -0.2) is 0 Å². The lowest BCUT2D eigenvalue weighted by atomic mass is 10.2. The Hall–Kier alpha value is -0.720. The van der Waals surface area contributed by atoms with Crippen molar-refractivity contribution in [1.82, 2.24) is 5.32 Å². The Kier molecular flexibility index (Phi) is 10.6. The van der Waals surface area contributed by atoms with E-state index in [2.05, 4.69) is 15.5 Å². The Morgan fingerprint density at radius 3 is 2.64 bits per heavy atom. The minimum atomic E-state index is -0.0175. The van der Waals surface area contributed by atoms with Crippen molar-refractivity contribution in [3.63, 3.8) is 0 Å². The summed E-state index contributed by atoms with van der Waals surface area (Å²) in [5, 5.41) is 6.55. The minimum absolute atomic E-state index is 0. The van der Waals surface area contributed by atoms with Crippen molar-refractivity contribution in [3.8, 4) is 0 Å². The summed E-state index contributed by atoms with van der Waals surface area (Å²) in [7, 11) is 1.83. The van der Waals surface area contributed by atoms with E-state index in [0.717, 1.165) is 24.5 Å². The van der Waals surface area contributed by atoms with Crippen LogP contribution in [0.3, 0.4) is 0 Å². The van der Waals surface area contributed by atoms with E-state index in [1.807, 2.05) is 25.2 Å². The second-order valence-corrected chi connectivity index (χ2v) is 5.04. The predicted octanol–water partition coefficient (Wildman–Crippen LogP) is 2.57. The minimum Gasteiger partial charge on any atom is -0.378 e. The summed E-state index contributed by atoms with van der Waals surface area (Å²) in [5.41, 5.74) is 1.65. The zero-order chi connectivity index (χ0) is 14.4. The lowest BCUT2D eigenvalue weighted by Crippen LogP contribution is -2.37. The van der Waals surface area contributed by atoms with Crippen LogP contribution in [0.15, 0.2) is 18.2 Å². The first-order valence-electron chi connectivity index (χ1n) is 6.78. The zero-order valence-electron chi connectivity index (χ0n) is 12.4. The van der Waals surface area contributed by atoms with Gasteiger partial charge in [0.15, 0.2) is 0 Å². The van der Waals surface area contributed by atoms with Crippen LogP contribution in [0.1, 0.15) is 6.42 Å². The van der Waals surface area contributed by atoms with Crippen LogP contribution in [0.2, 0.25) is 5.02 Å². The summed E-state index contributed by atoms with van der Waals surface area (Å²) in [6.45, 7) is 3.57. The van der Waals surface area contributed by atoms with E-state index >= 15 is 0 Å². The van der Waals surface area contributed by atoms with Crippen molar-refractivity contribution in [2.24, 2.45) is 0 Å². The Labute approximate surface area is 148 Å². The number of para-hydroxylation sites is 1. The van der Waals surface area contributed by atoms with E-state index in [9.17, 15) is 4.79 Å². The lowest BCUT2D eigenvalue weighted by Gasteiger charge is -2.31. The highest BCUT2D eigenvalue weighted by atomic mass is 35.5. The van der Waals surface area contributed by atoms with Gasteiger partial charge in [-0.2, -0.15) is 0 Å². The van der Waals surface area contributed by atoms with Crippen molar-refractivity contribution in [3.05, 3.63) is 23.2 Å². The van der Waals surface area contributed by atoms with Gasteiger partial charge in [-0.1, -0.05) is 17.7 Å². The third kappa shape index (κ3) is 5.82. The first-order chi connectivity index (χ1) is 9.72. The highest BCUT2D eigenvalue weighted by molar-refractivity contribution is 6.34. The van der Waals surface area contributed by atoms with Crippen LogP contribution in [0, 0.1) is 0 Å². The molecule has 1 amide bonds. The van der Waals surface area contributed by atoms with Crippen LogP contribution in [-0.2, 0) is 9.53 Å². The van der Waals surface area contributed by atoms with Crippen LogP contribution < -0.4 is 15.5 Å². The Balaban J connectivity index is 0.00000220. The number of hydrogen-bond acceptors (Lipinski definition) is 4. The number of hydrogen-bond donors (Lipinski definition) is 2. The van der Waals surface area contributed by atoms with E-state index in [1.165, 1.54) is 0 Å². The summed E-state index contributed by atoms with van der Waals surface area (Å²) in [6, 6.07) is 5.57. The number of amides is 1. The van der Waals surface area contributed by atoms with E-state index in [-0.39, 0.29) is 30.7 Å². The number of ether oxygens (including phenoxy) is 1. The second-order valence-electron chi connectivity index (χ2n) is 4.64. The van der Waals surface area contributed by atoms with Gasteiger partial charge in [-0.05, 0) is 19.2 Å². The molecule has 2 rings (SSSR count). The van der Waals surface area contributed by atoms with E-state index < -0.39 is 0 Å². The summed E-state index contributed by atoms with van der Waals surface area (Å²) in [4.78, 5) is 14.0. The van der Waals surface area contributed by atoms with Crippen molar-refractivity contribution in [2.75, 3.05) is 50.1 Å². The van der Waals surface area contributed by atoms with Gasteiger partial charge in [0.25, 0.3) is 0 Å². The van der Waals surface area contributed by atoms with Gasteiger partial charge in [0.1, 0.15) is 0 Å². The smallest absolute Gasteiger partial charge is 0.225 e. The molecule has 0 spiro atoms. The third-order valence-electron chi connectivity index (χ3n) is 3.19. The SMILES string of the molecule is CNCCC(=O)Nc1cccc(Cl)c1N1CCOCC1.Cl.Cl. The number of benzene rings is 1. The van der Waals surface area contributed by atoms with Crippen LogP contribution >= 0.6 is 36.4 Å². The highest BCUT2D eigenvalue weighted by Gasteiger charge is 2.18. The lowest BCUT2D eigenvalue weighted by molar-refractivity contribution is -0.116. The third-order valence-corrected chi connectivity index (χ3v) is 3.50. The molecule has 0 bridgehead atoms. The standard InChI is InChI=1S/C14H20ClN3O2.2ClH/c1-16-6-5-13(19)17-12-4-2-3-11(15)14(12)18-7-9-20-10-8-18;;/h2-4,16H,5-10H2,1H3,(H,17,19);2*1H. The Morgan fingerprint density at radius 1 is 1.32 bits per heavy atom. The molecule has 0 aromatic heterocycles. The fourth-order valence-electron chi connectivity index (χ4n) is 2.18. The van der Waals surface area contributed by atoms with Crippen LogP contribution in [0.5, 0.6) is 0 Å². The predicted molar refractivity (Wildman–Crippen MR) is 96.2 cm³/mol. The number of carbonyl (C=O) groups is 1. The van der Waals surface area contributed by atoms with E-state index in [0.29, 0.717) is 31.2 Å². The number of nitrogens with zero attached hydrogens (tertiary/aromatic N) is 1. The first-order valence-corrected chi connectivity index (χ1v) is 7.16. The van der Waals surface area contributed by atoms with Gasteiger partial charge in [-0.3, -0.25) is 4.79 Å². The summed E-state index contributed by atoms with van der Waals surface area (Å²) >= 11 is 6.30. The number of rotatable bonds is 5. The molecule has 1 aromatic rings. The number of carbonyl (C=O) groups excluding carboxylic acids is 1. The second kappa shape index (κ2) is 10.9. The zero-order valence-corrected chi connectivity index (χ0v) is 14.8. The topological polar surface area (TPSA) is 53.6 Å². The molecule has 126 valence electrons. The van der Waals surface area contributed by atoms with Gasteiger partial charge in [-0.15, -0.1) is 24.8 Å². The van der Waals surface area contributed by atoms with Gasteiger partial charge < -0.3 is 20.3 Å². The molecule has 0 atom stereocenters. The maximum atomic E-state index is 11.9. The van der Waals surface area contributed by atoms with Crippen LogP contribution in [-0.4, -0.2) is 45.8 Å². The maximum absolute atomic E-state index is 11.9. The Morgan fingerprint density at radius 2 is 2.00 bits per heavy atom. The molecule has 5 nitrogen and oxygen atoms in total.